The zero-order valence-electron chi connectivity index (χ0n) is 9.13. The number of rotatable bonds is 4. The van der Waals surface area contributed by atoms with E-state index in [0.717, 1.165) is 0 Å². The smallest absolute Gasteiger partial charge is 0.165 e. The summed E-state index contributed by atoms with van der Waals surface area (Å²) in [4.78, 5) is 0. The fourth-order valence-electron chi connectivity index (χ4n) is 1.61. The molecule has 0 heterocycles. The van der Waals surface area contributed by atoms with Crippen LogP contribution in [0.1, 0.15) is 5.56 Å². The van der Waals surface area contributed by atoms with Gasteiger partial charge in [-0.15, -0.1) is 0 Å². The summed E-state index contributed by atoms with van der Waals surface area (Å²) in [6, 6.07) is 4.83. The largest absolute Gasteiger partial charge is 0.504 e. The van der Waals surface area contributed by atoms with Crippen molar-refractivity contribution in [1.29, 1.82) is 0 Å². The molecule has 84 valence electrons. The lowest BCUT2D eigenvalue weighted by Crippen LogP contribution is -2.60. The normalized spacial score (nSPS) is 11.7. The Morgan fingerprint density at radius 2 is 1.53 bits per heavy atom. The molecule has 15 heavy (non-hydrogen) atoms. The van der Waals surface area contributed by atoms with E-state index in [1.54, 1.807) is 33.3 Å². The molecule has 0 atom stereocenters. The van der Waals surface area contributed by atoms with Crippen LogP contribution in [0.2, 0.25) is 0 Å². The molecule has 0 spiro atoms. The second kappa shape index (κ2) is 4.48. The molecule has 5 heteroatoms. The number of nitrogens with one attached hydrogen (secondary N) is 3. The maximum Gasteiger partial charge on any atom is 0.165 e. The van der Waals surface area contributed by atoms with E-state index in [9.17, 15) is 10.2 Å². The summed E-state index contributed by atoms with van der Waals surface area (Å²) in [7, 11) is 5.24. The molecule has 1 rings (SSSR count). The summed E-state index contributed by atoms with van der Waals surface area (Å²) in [5, 5.41) is 28.2. The molecule has 5 N–H and O–H groups in total. The molecular formula is C10H17N3O2. The summed E-state index contributed by atoms with van der Waals surface area (Å²) in [5.74, 6) is -1.05. The van der Waals surface area contributed by atoms with Crippen LogP contribution in [0, 0.1) is 0 Å². The second-order valence-corrected chi connectivity index (χ2v) is 3.17. The molecule has 0 unspecified atom stereocenters. The minimum atomic E-state index is -0.761. The lowest BCUT2D eigenvalue weighted by atomic mass is 10.1. The van der Waals surface area contributed by atoms with Gasteiger partial charge >= 0.3 is 0 Å². The van der Waals surface area contributed by atoms with Gasteiger partial charge in [-0.3, -0.25) is 16.0 Å². The molecule has 0 radical (unpaired) electrons. The highest BCUT2D eigenvalue weighted by Crippen LogP contribution is 2.32. The standard InChI is InChI=1S/C10H17N3O2/c1-11-10(12-2,13-3)7-5-4-6-8(14)9(7)15/h4-6,11-15H,1-3H3. The monoisotopic (exact) mass is 211 g/mol. The number of phenolic OH excluding ortho intramolecular Hbond substituents is 2. The summed E-state index contributed by atoms with van der Waals surface area (Å²) in [6.45, 7) is 0. The zero-order chi connectivity index (χ0) is 11.5. The number of benzene rings is 1. The van der Waals surface area contributed by atoms with Crippen molar-refractivity contribution in [1.82, 2.24) is 16.0 Å². The van der Waals surface area contributed by atoms with Gasteiger partial charge in [0.15, 0.2) is 17.3 Å². The first kappa shape index (κ1) is 11.8. The summed E-state index contributed by atoms with van der Waals surface area (Å²) >= 11 is 0. The molecule has 0 aliphatic heterocycles. The van der Waals surface area contributed by atoms with Gasteiger partial charge in [0.2, 0.25) is 0 Å². The van der Waals surface area contributed by atoms with E-state index in [1.807, 2.05) is 0 Å². The summed E-state index contributed by atoms with van der Waals surface area (Å²) < 4.78 is 0. The van der Waals surface area contributed by atoms with Gasteiger partial charge in [0.1, 0.15) is 0 Å². The van der Waals surface area contributed by atoms with E-state index in [0.29, 0.717) is 5.56 Å². The van der Waals surface area contributed by atoms with E-state index in [1.165, 1.54) is 6.07 Å². The Bertz CT molecular complexity index is 329. The van der Waals surface area contributed by atoms with Crippen LogP contribution in [0.4, 0.5) is 0 Å². The van der Waals surface area contributed by atoms with E-state index < -0.39 is 5.79 Å². The first-order valence-corrected chi connectivity index (χ1v) is 4.69. The molecule has 0 aliphatic carbocycles. The summed E-state index contributed by atoms with van der Waals surface area (Å²) in [6.07, 6.45) is 0. The van der Waals surface area contributed by atoms with Crippen LogP contribution in [0.15, 0.2) is 18.2 Å². The molecule has 0 bridgehead atoms. The van der Waals surface area contributed by atoms with E-state index >= 15 is 0 Å². The van der Waals surface area contributed by atoms with Crippen LogP contribution in [-0.4, -0.2) is 31.4 Å². The van der Waals surface area contributed by atoms with Crippen molar-refractivity contribution < 1.29 is 10.2 Å². The topological polar surface area (TPSA) is 76.5 Å². The first-order chi connectivity index (χ1) is 7.11. The van der Waals surface area contributed by atoms with Crippen molar-refractivity contribution in [2.75, 3.05) is 21.1 Å². The van der Waals surface area contributed by atoms with Gasteiger partial charge in [-0.25, -0.2) is 0 Å². The van der Waals surface area contributed by atoms with Crippen molar-refractivity contribution >= 4 is 0 Å². The molecule has 0 saturated carbocycles. The van der Waals surface area contributed by atoms with Crippen molar-refractivity contribution in [3.05, 3.63) is 23.8 Å². The fourth-order valence-corrected chi connectivity index (χ4v) is 1.61. The highest BCUT2D eigenvalue weighted by atomic mass is 16.3. The predicted octanol–water partition coefficient (Wildman–Crippen LogP) is -0.134. The van der Waals surface area contributed by atoms with Gasteiger partial charge < -0.3 is 10.2 Å². The third-order valence-corrected chi connectivity index (χ3v) is 2.54. The number of hydrogen-bond acceptors (Lipinski definition) is 5. The van der Waals surface area contributed by atoms with Crippen LogP contribution in [0.25, 0.3) is 0 Å². The Kier molecular flexibility index (Phi) is 3.52. The number of phenols is 2. The van der Waals surface area contributed by atoms with Crippen LogP contribution in [0.5, 0.6) is 11.5 Å². The molecule has 0 aliphatic rings. The fraction of sp³-hybridized carbons (Fsp3) is 0.400. The van der Waals surface area contributed by atoms with Crippen LogP contribution in [0.3, 0.4) is 0 Å². The second-order valence-electron chi connectivity index (χ2n) is 3.17. The van der Waals surface area contributed by atoms with Gasteiger partial charge in [0, 0.05) is 5.56 Å². The average Bonchev–Trinajstić information content (AvgIpc) is 2.27. The molecule has 1 aromatic rings. The number of aromatic hydroxyl groups is 2. The van der Waals surface area contributed by atoms with Gasteiger partial charge in [-0.2, -0.15) is 0 Å². The van der Waals surface area contributed by atoms with Crippen molar-refractivity contribution in [2.24, 2.45) is 0 Å². The highest BCUT2D eigenvalue weighted by molar-refractivity contribution is 5.47. The maximum absolute atomic E-state index is 9.76. The number of hydrogen-bond donors (Lipinski definition) is 5. The molecule has 0 fully saturated rings. The van der Waals surface area contributed by atoms with E-state index in [4.69, 9.17) is 0 Å². The van der Waals surface area contributed by atoms with Crippen LogP contribution in [-0.2, 0) is 5.79 Å². The number of para-hydroxylation sites is 1. The van der Waals surface area contributed by atoms with Gasteiger partial charge in [0.05, 0.1) is 0 Å². The molecule has 0 aromatic heterocycles. The Labute approximate surface area is 89.1 Å². The zero-order valence-corrected chi connectivity index (χ0v) is 9.13. The third-order valence-electron chi connectivity index (χ3n) is 2.54. The first-order valence-electron chi connectivity index (χ1n) is 4.69. The minimum Gasteiger partial charge on any atom is -0.504 e. The Morgan fingerprint density at radius 3 is 2.00 bits per heavy atom. The quantitative estimate of drug-likeness (QED) is 0.354. The van der Waals surface area contributed by atoms with Crippen LogP contribution >= 0.6 is 0 Å². The van der Waals surface area contributed by atoms with Crippen molar-refractivity contribution in [2.45, 2.75) is 5.79 Å². The van der Waals surface area contributed by atoms with E-state index in [-0.39, 0.29) is 11.5 Å². The summed E-state index contributed by atoms with van der Waals surface area (Å²) in [5.41, 5.74) is 0.537. The molecular weight excluding hydrogens is 194 g/mol. The molecule has 0 saturated heterocycles. The predicted molar refractivity (Wildman–Crippen MR) is 58.6 cm³/mol. The Balaban J connectivity index is 3.28. The van der Waals surface area contributed by atoms with Gasteiger partial charge in [-0.1, -0.05) is 12.1 Å². The third kappa shape index (κ3) is 1.90. The minimum absolute atomic E-state index is 0.141. The lowest BCUT2D eigenvalue weighted by molar-refractivity contribution is 0.239. The molecule has 1 aromatic carbocycles. The van der Waals surface area contributed by atoms with Gasteiger partial charge in [0.25, 0.3) is 0 Å². The lowest BCUT2D eigenvalue weighted by Gasteiger charge is -2.33. The van der Waals surface area contributed by atoms with Gasteiger partial charge in [-0.05, 0) is 27.2 Å². The van der Waals surface area contributed by atoms with Crippen molar-refractivity contribution in [3.8, 4) is 11.5 Å². The maximum atomic E-state index is 9.76. The molecule has 5 nitrogen and oxygen atoms in total. The van der Waals surface area contributed by atoms with E-state index in [2.05, 4.69) is 16.0 Å². The highest BCUT2D eigenvalue weighted by Gasteiger charge is 2.30. The van der Waals surface area contributed by atoms with Crippen LogP contribution < -0.4 is 16.0 Å². The molecule has 0 amide bonds. The Hall–Kier alpha value is -1.30. The average molecular weight is 211 g/mol. The SMILES string of the molecule is CNC(NC)(NC)c1cccc(O)c1O. The Morgan fingerprint density at radius 1 is 1.00 bits per heavy atom. The van der Waals surface area contributed by atoms with Crippen molar-refractivity contribution in [3.63, 3.8) is 0 Å².